The first-order valence-electron chi connectivity index (χ1n) is 6.18. The second kappa shape index (κ2) is 8.80. The number of ether oxygens (including phenoxy) is 2. The highest BCUT2D eigenvalue weighted by Crippen LogP contribution is 2.07. The first-order chi connectivity index (χ1) is 7.49. The van der Waals surface area contributed by atoms with Crippen LogP contribution in [0.5, 0.6) is 0 Å². The van der Waals surface area contributed by atoms with Crippen molar-refractivity contribution in [3.63, 3.8) is 0 Å². The summed E-state index contributed by atoms with van der Waals surface area (Å²) in [6.45, 7) is 12.4. The Balaban J connectivity index is 3.75. The lowest BCUT2D eigenvalue weighted by molar-refractivity contribution is -0.138. The molecule has 0 amide bonds. The molecule has 0 radical (unpaired) electrons. The first kappa shape index (κ1) is 15.7. The van der Waals surface area contributed by atoms with Crippen LogP contribution < -0.4 is 0 Å². The minimum atomic E-state index is -1.00. The largest absolute Gasteiger partial charge is 0.353 e. The lowest BCUT2D eigenvalue weighted by Gasteiger charge is -2.15. The van der Waals surface area contributed by atoms with Gasteiger partial charge in [-0.25, -0.2) is 0 Å². The van der Waals surface area contributed by atoms with Gasteiger partial charge in [-0.15, -0.1) is 11.8 Å². The van der Waals surface area contributed by atoms with Crippen molar-refractivity contribution in [2.24, 2.45) is 0 Å². The van der Waals surface area contributed by atoms with E-state index in [9.17, 15) is 0 Å². The van der Waals surface area contributed by atoms with E-state index < -0.39 is 8.07 Å². The molecule has 0 aromatic carbocycles. The van der Waals surface area contributed by atoms with Crippen LogP contribution in [0.2, 0.25) is 25.7 Å². The predicted molar refractivity (Wildman–Crippen MR) is 72.2 cm³/mol. The molecule has 0 aromatic heterocycles. The number of hydrogen-bond acceptors (Lipinski definition) is 2. The van der Waals surface area contributed by atoms with Gasteiger partial charge >= 0.3 is 0 Å². The molecule has 0 saturated heterocycles. The topological polar surface area (TPSA) is 18.5 Å². The summed E-state index contributed by atoms with van der Waals surface area (Å²) in [7, 11) is -1.00. The third-order valence-corrected chi connectivity index (χ3v) is 3.19. The van der Waals surface area contributed by atoms with Crippen LogP contribution in [0, 0.1) is 11.8 Å². The van der Waals surface area contributed by atoms with E-state index in [1.807, 2.05) is 13.8 Å². The summed E-state index contributed by atoms with van der Waals surface area (Å²) in [6.07, 6.45) is 1.67. The van der Waals surface area contributed by atoms with Gasteiger partial charge in [-0.05, 0) is 13.8 Å². The molecular weight excluding hydrogens is 216 g/mol. The smallest absolute Gasteiger partial charge is 0.158 e. The maximum absolute atomic E-state index is 5.45. The Morgan fingerprint density at radius 2 is 1.56 bits per heavy atom. The fourth-order valence-electron chi connectivity index (χ4n) is 1.19. The molecule has 0 unspecified atom stereocenters. The molecule has 3 heteroatoms. The summed E-state index contributed by atoms with van der Waals surface area (Å²) in [5, 5.41) is 0. The van der Waals surface area contributed by atoms with Crippen molar-refractivity contribution in [2.45, 2.75) is 58.7 Å². The molecule has 0 bridgehead atoms. The van der Waals surface area contributed by atoms with Gasteiger partial charge in [0.2, 0.25) is 0 Å². The van der Waals surface area contributed by atoms with Gasteiger partial charge in [0.25, 0.3) is 0 Å². The Hall–Kier alpha value is -0.303. The molecule has 0 fully saturated rings. The summed E-state index contributed by atoms with van der Waals surface area (Å²) in [5.41, 5.74) is 0. The van der Waals surface area contributed by atoms with E-state index in [2.05, 4.69) is 31.5 Å². The Morgan fingerprint density at radius 3 is 2.00 bits per heavy atom. The monoisotopic (exact) mass is 242 g/mol. The Bertz CT molecular complexity index is 216. The van der Waals surface area contributed by atoms with Crippen molar-refractivity contribution in [3.8, 4) is 11.8 Å². The molecule has 0 aliphatic heterocycles. The first-order valence-corrected chi connectivity index (χ1v) is 9.89. The minimum absolute atomic E-state index is 0.0730. The number of rotatable bonds is 7. The lowest BCUT2D eigenvalue weighted by Crippen LogP contribution is -2.18. The molecule has 0 heterocycles. The summed E-state index contributed by atoms with van der Waals surface area (Å²) >= 11 is 0. The van der Waals surface area contributed by atoms with E-state index in [-0.39, 0.29) is 6.29 Å². The van der Waals surface area contributed by atoms with Gasteiger partial charge < -0.3 is 9.47 Å². The molecule has 0 spiro atoms. The third kappa shape index (κ3) is 10.2. The average Bonchev–Trinajstić information content (AvgIpc) is 2.16. The minimum Gasteiger partial charge on any atom is -0.353 e. The van der Waals surface area contributed by atoms with Crippen LogP contribution >= 0.6 is 0 Å². The molecule has 0 atom stereocenters. The Kier molecular flexibility index (Phi) is 8.64. The van der Waals surface area contributed by atoms with E-state index in [1.54, 1.807) is 0 Å². The molecule has 0 saturated carbocycles. The molecule has 0 aliphatic carbocycles. The Morgan fingerprint density at radius 1 is 1.00 bits per heavy atom. The van der Waals surface area contributed by atoms with E-state index in [0.29, 0.717) is 13.2 Å². The summed E-state index contributed by atoms with van der Waals surface area (Å²) < 4.78 is 10.9. The van der Waals surface area contributed by atoms with Gasteiger partial charge in [0.1, 0.15) is 0 Å². The molecule has 0 aromatic rings. The SMILES string of the molecule is CCOC(CCC#CC[Si](C)(C)C)OCC. The molecule has 0 rings (SSSR count). The van der Waals surface area contributed by atoms with Gasteiger partial charge in [-0.1, -0.05) is 19.6 Å². The maximum atomic E-state index is 5.45. The van der Waals surface area contributed by atoms with Crippen molar-refractivity contribution < 1.29 is 9.47 Å². The fourth-order valence-corrected chi connectivity index (χ4v) is 1.85. The molecule has 94 valence electrons. The highest BCUT2D eigenvalue weighted by Gasteiger charge is 2.10. The second-order valence-corrected chi connectivity index (χ2v) is 10.4. The highest BCUT2D eigenvalue weighted by molar-refractivity contribution is 6.76. The standard InChI is InChI=1S/C13H26O2Si/c1-6-14-13(15-7-2)11-9-8-10-12-16(3,4)5/h13H,6-7,9,11-12H2,1-5H3. The van der Waals surface area contributed by atoms with Gasteiger partial charge in [0.15, 0.2) is 6.29 Å². The van der Waals surface area contributed by atoms with Gasteiger partial charge in [-0.2, -0.15) is 0 Å². The lowest BCUT2D eigenvalue weighted by atomic mass is 10.3. The van der Waals surface area contributed by atoms with Crippen LogP contribution in [0.1, 0.15) is 26.7 Å². The summed E-state index contributed by atoms with van der Waals surface area (Å²) in [5.74, 6) is 6.48. The average molecular weight is 242 g/mol. The Labute approximate surface area is 102 Å². The maximum Gasteiger partial charge on any atom is 0.158 e. The van der Waals surface area contributed by atoms with Crippen LogP contribution in [-0.2, 0) is 9.47 Å². The van der Waals surface area contributed by atoms with Crippen molar-refractivity contribution in [1.29, 1.82) is 0 Å². The molecular formula is C13H26O2Si. The molecule has 0 N–H and O–H groups in total. The third-order valence-electron chi connectivity index (χ3n) is 1.95. The van der Waals surface area contributed by atoms with Gasteiger partial charge in [-0.3, -0.25) is 0 Å². The van der Waals surface area contributed by atoms with Crippen LogP contribution in [0.15, 0.2) is 0 Å². The van der Waals surface area contributed by atoms with Crippen molar-refractivity contribution >= 4 is 8.07 Å². The van der Waals surface area contributed by atoms with Crippen LogP contribution in [0.4, 0.5) is 0 Å². The predicted octanol–water partition coefficient (Wildman–Crippen LogP) is 3.51. The number of hydrogen-bond donors (Lipinski definition) is 0. The van der Waals surface area contributed by atoms with Crippen LogP contribution in [0.3, 0.4) is 0 Å². The zero-order valence-corrected chi connectivity index (χ0v) is 12.4. The highest BCUT2D eigenvalue weighted by atomic mass is 28.3. The second-order valence-electron chi connectivity index (χ2n) is 4.97. The van der Waals surface area contributed by atoms with Crippen molar-refractivity contribution in [2.75, 3.05) is 13.2 Å². The molecule has 0 aliphatic rings. The zero-order chi connectivity index (χ0) is 12.4. The van der Waals surface area contributed by atoms with E-state index >= 15 is 0 Å². The normalized spacial score (nSPS) is 11.4. The van der Waals surface area contributed by atoms with Gasteiger partial charge in [0, 0.05) is 32.1 Å². The molecule has 2 nitrogen and oxygen atoms in total. The van der Waals surface area contributed by atoms with E-state index in [0.717, 1.165) is 18.9 Å². The van der Waals surface area contributed by atoms with Crippen LogP contribution in [-0.4, -0.2) is 27.6 Å². The van der Waals surface area contributed by atoms with Crippen molar-refractivity contribution in [1.82, 2.24) is 0 Å². The zero-order valence-electron chi connectivity index (χ0n) is 11.4. The van der Waals surface area contributed by atoms with E-state index in [4.69, 9.17) is 9.47 Å². The van der Waals surface area contributed by atoms with Gasteiger partial charge in [0.05, 0.1) is 8.07 Å². The summed E-state index contributed by atoms with van der Waals surface area (Å²) in [4.78, 5) is 0. The van der Waals surface area contributed by atoms with Crippen molar-refractivity contribution in [3.05, 3.63) is 0 Å². The fraction of sp³-hybridized carbons (Fsp3) is 0.846. The summed E-state index contributed by atoms with van der Waals surface area (Å²) in [6, 6.07) is 1.08. The quantitative estimate of drug-likeness (QED) is 0.386. The van der Waals surface area contributed by atoms with Crippen LogP contribution in [0.25, 0.3) is 0 Å². The van der Waals surface area contributed by atoms with E-state index in [1.165, 1.54) is 0 Å². The molecule has 16 heavy (non-hydrogen) atoms.